The zero-order valence-corrected chi connectivity index (χ0v) is 13.0. The Balaban J connectivity index is 2.46. The van der Waals surface area contributed by atoms with Crippen LogP contribution in [-0.2, 0) is 22.6 Å². The molecule has 19 heavy (non-hydrogen) atoms. The molecule has 5 nitrogen and oxygen atoms in total. The van der Waals surface area contributed by atoms with Crippen molar-refractivity contribution < 1.29 is 8.42 Å². The van der Waals surface area contributed by atoms with E-state index in [-0.39, 0.29) is 16.3 Å². The molecule has 0 atom stereocenters. The van der Waals surface area contributed by atoms with Crippen molar-refractivity contribution in [3.63, 3.8) is 0 Å². The number of aryl methyl sites for hydroxylation is 2. The van der Waals surface area contributed by atoms with Crippen LogP contribution in [0.25, 0.3) is 0 Å². The van der Waals surface area contributed by atoms with E-state index < -0.39 is 9.84 Å². The Hall–Kier alpha value is -1.34. The Bertz CT molecular complexity index is 723. The molecule has 1 heterocycles. The molecule has 0 saturated heterocycles. The number of rotatable bonds is 3. The van der Waals surface area contributed by atoms with Gasteiger partial charge < -0.3 is 5.73 Å². The highest BCUT2D eigenvalue weighted by molar-refractivity contribution is 9.10. The van der Waals surface area contributed by atoms with Gasteiger partial charge in [0.1, 0.15) is 0 Å². The largest absolute Gasteiger partial charge is 0.398 e. The first-order valence-electron chi connectivity index (χ1n) is 5.58. The number of sulfone groups is 1. The van der Waals surface area contributed by atoms with E-state index >= 15 is 0 Å². The average Bonchev–Trinajstić information content (AvgIpc) is 2.56. The van der Waals surface area contributed by atoms with Crippen LogP contribution in [0.3, 0.4) is 0 Å². The lowest BCUT2D eigenvalue weighted by Gasteiger charge is -2.08. The zero-order chi connectivity index (χ0) is 14.2. The van der Waals surface area contributed by atoms with E-state index in [0.717, 1.165) is 5.69 Å². The van der Waals surface area contributed by atoms with Gasteiger partial charge in [-0.2, -0.15) is 5.10 Å². The number of hydrogen-bond acceptors (Lipinski definition) is 4. The van der Waals surface area contributed by atoms with Crippen LogP contribution in [0.4, 0.5) is 5.69 Å². The second kappa shape index (κ2) is 4.97. The topological polar surface area (TPSA) is 78.0 Å². The molecule has 0 bridgehead atoms. The lowest BCUT2D eigenvalue weighted by atomic mass is 10.3. The molecule has 0 saturated carbocycles. The molecule has 0 aliphatic rings. The summed E-state index contributed by atoms with van der Waals surface area (Å²) in [5.41, 5.74) is 7.36. The molecule has 0 radical (unpaired) electrons. The fourth-order valence-corrected chi connectivity index (χ4v) is 4.08. The van der Waals surface area contributed by atoms with Gasteiger partial charge in [0.05, 0.1) is 32.2 Å². The van der Waals surface area contributed by atoms with Gasteiger partial charge in [-0.3, -0.25) is 4.68 Å². The van der Waals surface area contributed by atoms with Crippen LogP contribution in [0.2, 0.25) is 0 Å². The second-order valence-corrected chi connectivity index (χ2v) is 7.02. The maximum Gasteiger partial charge on any atom is 0.186 e. The van der Waals surface area contributed by atoms with Crippen molar-refractivity contribution in [3.05, 3.63) is 40.1 Å². The number of nitrogens with two attached hydrogens (primary N) is 1. The molecule has 7 heteroatoms. The zero-order valence-electron chi connectivity index (χ0n) is 10.6. The van der Waals surface area contributed by atoms with E-state index in [0.29, 0.717) is 10.2 Å². The van der Waals surface area contributed by atoms with Gasteiger partial charge in [-0.25, -0.2) is 8.42 Å². The van der Waals surface area contributed by atoms with Gasteiger partial charge in [0.25, 0.3) is 0 Å². The SMILES string of the molecule is Cc1nn(C)c(CS(=O)(=O)c2ccccc2N)c1Br. The minimum Gasteiger partial charge on any atom is -0.398 e. The van der Waals surface area contributed by atoms with E-state index in [4.69, 9.17) is 5.73 Å². The van der Waals surface area contributed by atoms with Crippen molar-refractivity contribution in [1.82, 2.24) is 9.78 Å². The lowest BCUT2D eigenvalue weighted by Crippen LogP contribution is -2.11. The first-order chi connectivity index (χ1) is 8.83. The summed E-state index contributed by atoms with van der Waals surface area (Å²) >= 11 is 3.37. The normalized spacial score (nSPS) is 11.7. The number of halogens is 1. The van der Waals surface area contributed by atoms with Gasteiger partial charge in [0.2, 0.25) is 0 Å². The summed E-state index contributed by atoms with van der Waals surface area (Å²) < 4.78 is 27.1. The van der Waals surface area contributed by atoms with Gasteiger partial charge in [-0.15, -0.1) is 0 Å². The molecule has 0 aliphatic carbocycles. The summed E-state index contributed by atoms with van der Waals surface area (Å²) in [5, 5.41) is 4.18. The molecule has 0 spiro atoms. The number of para-hydroxylation sites is 1. The molecular weight excluding hydrogens is 330 g/mol. The van der Waals surface area contributed by atoms with Crippen molar-refractivity contribution in [1.29, 1.82) is 0 Å². The van der Waals surface area contributed by atoms with Gasteiger partial charge in [-0.05, 0) is 35.0 Å². The maximum absolute atomic E-state index is 12.4. The Morgan fingerprint density at radius 3 is 2.53 bits per heavy atom. The van der Waals surface area contributed by atoms with Gasteiger partial charge >= 0.3 is 0 Å². The number of nitrogen functional groups attached to an aromatic ring is 1. The van der Waals surface area contributed by atoms with Crippen molar-refractivity contribution in [3.8, 4) is 0 Å². The average molecular weight is 344 g/mol. The Morgan fingerprint density at radius 2 is 2.00 bits per heavy atom. The van der Waals surface area contributed by atoms with Crippen LogP contribution in [0, 0.1) is 6.92 Å². The van der Waals surface area contributed by atoms with Crippen molar-refractivity contribution >= 4 is 31.5 Å². The van der Waals surface area contributed by atoms with Crippen LogP contribution in [0.1, 0.15) is 11.4 Å². The van der Waals surface area contributed by atoms with E-state index in [2.05, 4.69) is 21.0 Å². The van der Waals surface area contributed by atoms with Crippen LogP contribution >= 0.6 is 15.9 Å². The summed E-state index contributed by atoms with van der Waals surface area (Å²) in [6.45, 7) is 1.82. The van der Waals surface area contributed by atoms with Crippen molar-refractivity contribution in [2.75, 3.05) is 5.73 Å². The monoisotopic (exact) mass is 343 g/mol. The molecule has 0 amide bonds. The van der Waals surface area contributed by atoms with E-state index in [1.54, 1.807) is 29.9 Å². The third-order valence-corrected chi connectivity index (χ3v) is 5.57. The smallest absolute Gasteiger partial charge is 0.186 e. The van der Waals surface area contributed by atoms with Crippen molar-refractivity contribution in [2.24, 2.45) is 7.05 Å². The first-order valence-corrected chi connectivity index (χ1v) is 8.02. The minimum absolute atomic E-state index is 0.140. The predicted octanol–water partition coefficient (Wildman–Crippen LogP) is 2.05. The fourth-order valence-electron chi connectivity index (χ4n) is 1.86. The summed E-state index contributed by atoms with van der Waals surface area (Å²) in [7, 11) is -1.77. The predicted molar refractivity (Wildman–Crippen MR) is 77.4 cm³/mol. The van der Waals surface area contributed by atoms with Gasteiger partial charge in [0, 0.05) is 7.05 Å². The molecular formula is C12H14BrN3O2S. The van der Waals surface area contributed by atoms with Crippen LogP contribution in [0.5, 0.6) is 0 Å². The standard InChI is InChI=1S/C12H14BrN3O2S/c1-8-12(13)10(16(2)15-8)7-19(17,18)11-6-4-3-5-9(11)14/h3-6H,7,14H2,1-2H3. The second-order valence-electron chi connectivity index (χ2n) is 4.27. The lowest BCUT2D eigenvalue weighted by molar-refractivity contribution is 0.592. The molecule has 2 aromatic rings. The van der Waals surface area contributed by atoms with Crippen molar-refractivity contribution in [2.45, 2.75) is 17.6 Å². The highest BCUT2D eigenvalue weighted by Crippen LogP contribution is 2.27. The Morgan fingerprint density at radius 1 is 1.37 bits per heavy atom. The number of nitrogens with zero attached hydrogens (tertiary/aromatic N) is 2. The molecule has 2 rings (SSSR count). The molecule has 2 N–H and O–H groups in total. The highest BCUT2D eigenvalue weighted by atomic mass is 79.9. The summed E-state index contributed by atoms with van der Waals surface area (Å²) in [4.78, 5) is 0.153. The molecule has 0 fully saturated rings. The number of hydrogen-bond donors (Lipinski definition) is 1. The molecule has 102 valence electrons. The van der Waals surface area contributed by atoms with Crippen LogP contribution in [-0.4, -0.2) is 18.2 Å². The minimum atomic E-state index is -3.49. The Labute approximate surface area is 120 Å². The maximum atomic E-state index is 12.4. The molecule has 0 aliphatic heterocycles. The molecule has 1 aromatic carbocycles. The summed E-state index contributed by atoms with van der Waals surface area (Å²) in [6, 6.07) is 6.46. The molecule has 1 aromatic heterocycles. The first kappa shape index (κ1) is 14.1. The van der Waals surface area contributed by atoms with Crippen LogP contribution < -0.4 is 5.73 Å². The number of benzene rings is 1. The van der Waals surface area contributed by atoms with Gasteiger partial charge in [-0.1, -0.05) is 12.1 Å². The summed E-state index contributed by atoms with van der Waals surface area (Å²) in [5.74, 6) is -0.140. The fraction of sp³-hybridized carbons (Fsp3) is 0.250. The third kappa shape index (κ3) is 2.66. The van der Waals surface area contributed by atoms with E-state index in [9.17, 15) is 8.42 Å². The number of anilines is 1. The van der Waals surface area contributed by atoms with Crippen LogP contribution in [0.15, 0.2) is 33.6 Å². The summed E-state index contributed by atoms with van der Waals surface area (Å²) in [6.07, 6.45) is 0. The number of aromatic nitrogens is 2. The quantitative estimate of drug-likeness (QED) is 0.865. The molecule has 0 unspecified atom stereocenters. The Kier molecular flexibility index (Phi) is 3.69. The third-order valence-electron chi connectivity index (χ3n) is 2.84. The van der Waals surface area contributed by atoms with Gasteiger partial charge in [0.15, 0.2) is 9.84 Å². The van der Waals surface area contributed by atoms with E-state index in [1.165, 1.54) is 6.07 Å². The highest BCUT2D eigenvalue weighted by Gasteiger charge is 2.22. The van der Waals surface area contributed by atoms with E-state index in [1.807, 2.05) is 6.92 Å².